The third-order valence-corrected chi connectivity index (χ3v) is 3.81. The molecular weight excluding hydrogens is 228 g/mol. The number of nitrogens with one attached hydrogen (secondary N) is 1. The Morgan fingerprint density at radius 3 is 2.89 bits per heavy atom. The zero-order valence-electron chi connectivity index (χ0n) is 11.2. The van der Waals surface area contributed by atoms with Crippen LogP contribution in [0.15, 0.2) is 0 Å². The Balaban J connectivity index is 2.22. The standard InChI is InChI=1S/C13H22N4O/c1-3-10-7-5-4-6-8-17(10)13(18)12-11(14)9(2)15-16-12/h10H,3-8,14H2,1-2H3,(H,15,16). The lowest BCUT2D eigenvalue weighted by Crippen LogP contribution is -2.40. The summed E-state index contributed by atoms with van der Waals surface area (Å²) in [5.41, 5.74) is 7.53. The van der Waals surface area contributed by atoms with E-state index in [0.29, 0.717) is 17.4 Å². The highest BCUT2D eigenvalue weighted by Crippen LogP contribution is 2.23. The number of rotatable bonds is 2. The van der Waals surface area contributed by atoms with Gasteiger partial charge in [0.15, 0.2) is 5.69 Å². The molecule has 1 aliphatic heterocycles. The number of H-pyrrole nitrogens is 1. The summed E-state index contributed by atoms with van der Waals surface area (Å²) in [5, 5.41) is 6.83. The van der Waals surface area contributed by atoms with E-state index in [9.17, 15) is 4.79 Å². The van der Waals surface area contributed by atoms with E-state index in [0.717, 1.165) is 31.5 Å². The summed E-state index contributed by atoms with van der Waals surface area (Å²) in [6.07, 6.45) is 5.57. The third kappa shape index (κ3) is 2.35. The molecule has 0 bridgehead atoms. The minimum atomic E-state index is -0.0226. The van der Waals surface area contributed by atoms with Crippen molar-refractivity contribution in [3.63, 3.8) is 0 Å². The molecule has 1 fully saturated rings. The smallest absolute Gasteiger partial charge is 0.276 e. The van der Waals surface area contributed by atoms with Gasteiger partial charge in [0, 0.05) is 12.6 Å². The molecule has 5 nitrogen and oxygen atoms in total. The number of nitrogen functional groups attached to an aromatic ring is 1. The van der Waals surface area contributed by atoms with Crippen molar-refractivity contribution in [3.05, 3.63) is 11.4 Å². The number of aromatic nitrogens is 2. The molecule has 1 atom stereocenters. The van der Waals surface area contributed by atoms with Crippen molar-refractivity contribution in [2.75, 3.05) is 12.3 Å². The normalized spacial score (nSPS) is 20.8. The van der Waals surface area contributed by atoms with E-state index >= 15 is 0 Å². The number of hydrogen-bond acceptors (Lipinski definition) is 3. The summed E-state index contributed by atoms with van der Waals surface area (Å²) in [4.78, 5) is 14.5. The van der Waals surface area contributed by atoms with Gasteiger partial charge in [-0.3, -0.25) is 9.89 Å². The van der Waals surface area contributed by atoms with E-state index in [-0.39, 0.29) is 5.91 Å². The first-order valence-corrected chi connectivity index (χ1v) is 6.76. The monoisotopic (exact) mass is 250 g/mol. The van der Waals surface area contributed by atoms with E-state index in [4.69, 9.17) is 5.73 Å². The van der Waals surface area contributed by atoms with Crippen LogP contribution in [0, 0.1) is 6.92 Å². The molecule has 0 aromatic carbocycles. The summed E-state index contributed by atoms with van der Waals surface area (Å²) in [6.45, 7) is 4.79. The zero-order chi connectivity index (χ0) is 13.1. The van der Waals surface area contributed by atoms with Crippen LogP contribution in [0.3, 0.4) is 0 Å². The van der Waals surface area contributed by atoms with Crippen LogP contribution in [0.1, 0.15) is 55.2 Å². The molecule has 1 aliphatic rings. The van der Waals surface area contributed by atoms with Gasteiger partial charge in [-0.1, -0.05) is 19.8 Å². The number of aryl methyl sites for hydroxylation is 1. The largest absolute Gasteiger partial charge is 0.395 e. The van der Waals surface area contributed by atoms with Gasteiger partial charge in [-0.15, -0.1) is 0 Å². The van der Waals surface area contributed by atoms with Crippen LogP contribution >= 0.6 is 0 Å². The molecule has 5 heteroatoms. The van der Waals surface area contributed by atoms with Gasteiger partial charge >= 0.3 is 0 Å². The molecule has 0 spiro atoms. The number of amides is 1. The molecule has 3 N–H and O–H groups in total. The van der Waals surface area contributed by atoms with Gasteiger partial charge in [0.25, 0.3) is 5.91 Å². The van der Waals surface area contributed by atoms with E-state index in [1.165, 1.54) is 12.8 Å². The molecule has 0 saturated carbocycles. The second kappa shape index (κ2) is 5.42. The second-order valence-electron chi connectivity index (χ2n) is 5.02. The molecule has 1 saturated heterocycles. The maximum Gasteiger partial charge on any atom is 0.276 e. The maximum atomic E-state index is 12.5. The number of nitrogens with zero attached hydrogens (tertiary/aromatic N) is 2. The molecule has 1 amide bonds. The average molecular weight is 250 g/mol. The minimum absolute atomic E-state index is 0.0226. The molecular formula is C13H22N4O. The summed E-state index contributed by atoms with van der Waals surface area (Å²) in [5.74, 6) is -0.0226. The summed E-state index contributed by atoms with van der Waals surface area (Å²) < 4.78 is 0. The van der Waals surface area contributed by atoms with E-state index in [1.807, 2.05) is 11.8 Å². The number of aromatic amines is 1. The van der Waals surface area contributed by atoms with Crippen molar-refractivity contribution in [1.82, 2.24) is 15.1 Å². The summed E-state index contributed by atoms with van der Waals surface area (Å²) in [7, 11) is 0. The Morgan fingerprint density at radius 1 is 1.50 bits per heavy atom. The van der Waals surface area contributed by atoms with Gasteiger partial charge in [0.2, 0.25) is 0 Å². The van der Waals surface area contributed by atoms with E-state index < -0.39 is 0 Å². The van der Waals surface area contributed by atoms with Crippen LogP contribution in [-0.4, -0.2) is 33.6 Å². The molecule has 1 aromatic heterocycles. The quantitative estimate of drug-likeness (QED) is 0.844. The fraction of sp³-hybridized carbons (Fsp3) is 0.692. The first kappa shape index (κ1) is 12.9. The molecule has 2 rings (SSSR count). The topological polar surface area (TPSA) is 75.0 Å². The first-order chi connectivity index (χ1) is 8.65. The highest BCUT2D eigenvalue weighted by Gasteiger charge is 2.28. The van der Waals surface area contributed by atoms with Gasteiger partial charge in [-0.05, 0) is 26.2 Å². The first-order valence-electron chi connectivity index (χ1n) is 6.76. The van der Waals surface area contributed by atoms with E-state index in [2.05, 4.69) is 17.1 Å². The Kier molecular flexibility index (Phi) is 3.89. The van der Waals surface area contributed by atoms with Crippen molar-refractivity contribution >= 4 is 11.6 Å². The number of carbonyl (C=O) groups is 1. The van der Waals surface area contributed by atoms with Crippen molar-refractivity contribution in [1.29, 1.82) is 0 Å². The van der Waals surface area contributed by atoms with Gasteiger partial charge < -0.3 is 10.6 Å². The van der Waals surface area contributed by atoms with Gasteiger partial charge in [0.1, 0.15) is 0 Å². The molecule has 18 heavy (non-hydrogen) atoms. The van der Waals surface area contributed by atoms with Crippen LogP contribution < -0.4 is 5.73 Å². The Bertz CT molecular complexity index is 427. The van der Waals surface area contributed by atoms with Crippen LogP contribution in [0.25, 0.3) is 0 Å². The Hall–Kier alpha value is -1.52. The fourth-order valence-corrected chi connectivity index (χ4v) is 2.61. The van der Waals surface area contributed by atoms with Crippen LogP contribution in [0.2, 0.25) is 0 Å². The van der Waals surface area contributed by atoms with Gasteiger partial charge in [-0.2, -0.15) is 5.10 Å². The molecule has 2 heterocycles. The SMILES string of the molecule is CCC1CCCCCN1C(=O)c1n[nH]c(C)c1N. The maximum absolute atomic E-state index is 12.5. The third-order valence-electron chi connectivity index (χ3n) is 3.81. The lowest BCUT2D eigenvalue weighted by atomic mass is 10.1. The van der Waals surface area contributed by atoms with Crippen molar-refractivity contribution in [2.24, 2.45) is 0 Å². The Labute approximate surface area is 108 Å². The molecule has 0 aliphatic carbocycles. The lowest BCUT2D eigenvalue weighted by molar-refractivity contribution is 0.0673. The fourth-order valence-electron chi connectivity index (χ4n) is 2.61. The van der Waals surface area contributed by atoms with Crippen molar-refractivity contribution < 1.29 is 4.79 Å². The lowest BCUT2D eigenvalue weighted by Gasteiger charge is -2.28. The number of likely N-dealkylation sites (tertiary alicyclic amines) is 1. The summed E-state index contributed by atoms with van der Waals surface area (Å²) in [6, 6.07) is 0.330. The average Bonchev–Trinajstić information content (AvgIpc) is 2.59. The number of hydrogen-bond donors (Lipinski definition) is 2. The highest BCUT2D eigenvalue weighted by molar-refractivity contribution is 5.97. The molecule has 1 aromatic rings. The van der Waals surface area contributed by atoms with Gasteiger partial charge in [-0.25, -0.2) is 0 Å². The minimum Gasteiger partial charge on any atom is -0.395 e. The molecule has 1 unspecified atom stereocenters. The predicted molar refractivity (Wildman–Crippen MR) is 71.3 cm³/mol. The predicted octanol–water partition coefficient (Wildman–Crippen LogP) is 2.10. The number of nitrogens with two attached hydrogens (primary N) is 1. The molecule has 0 radical (unpaired) electrons. The van der Waals surface area contributed by atoms with Crippen molar-refractivity contribution in [2.45, 2.75) is 52.0 Å². The Morgan fingerprint density at radius 2 is 2.28 bits per heavy atom. The zero-order valence-corrected chi connectivity index (χ0v) is 11.2. The van der Waals surface area contributed by atoms with Crippen molar-refractivity contribution in [3.8, 4) is 0 Å². The van der Waals surface area contributed by atoms with Gasteiger partial charge in [0.05, 0.1) is 11.4 Å². The highest BCUT2D eigenvalue weighted by atomic mass is 16.2. The second-order valence-corrected chi connectivity index (χ2v) is 5.02. The van der Waals surface area contributed by atoms with Crippen LogP contribution in [-0.2, 0) is 0 Å². The van der Waals surface area contributed by atoms with E-state index in [1.54, 1.807) is 0 Å². The van der Waals surface area contributed by atoms with Crippen LogP contribution in [0.5, 0.6) is 0 Å². The van der Waals surface area contributed by atoms with Crippen LogP contribution in [0.4, 0.5) is 5.69 Å². The summed E-state index contributed by atoms with van der Waals surface area (Å²) >= 11 is 0. The number of anilines is 1. The number of carbonyl (C=O) groups excluding carboxylic acids is 1. The molecule has 100 valence electrons.